The minimum absolute atomic E-state index is 0.527. The molecule has 126 valence electrons. The van der Waals surface area contributed by atoms with Crippen LogP contribution in [-0.4, -0.2) is 37.4 Å². The predicted molar refractivity (Wildman–Crippen MR) is 92.9 cm³/mol. The van der Waals surface area contributed by atoms with Crippen LogP contribution in [0.25, 0.3) is 16.6 Å². The van der Waals surface area contributed by atoms with Gasteiger partial charge >= 0.3 is 0 Å². The summed E-state index contributed by atoms with van der Waals surface area (Å²) in [5.74, 6) is 2.24. The summed E-state index contributed by atoms with van der Waals surface area (Å²) in [5, 5.41) is 13.7. The van der Waals surface area contributed by atoms with Gasteiger partial charge in [-0.3, -0.25) is 0 Å². The third-order valence-corrected chi connectivity index (χ3v) is 6.01. The molecule has 2 aliphatic rings. The average Bonchev–Trinajstić information content (AvgIpc) is 3.02. The molecule has 2 unspecified atom stereocenters. The molecule has 24 heavy (non-hydrogen) atoms. The lowest BCUT2D eigenvalue weighted by Crippen LogP contribution is -2.28. The van der Waals surface area contributed by atoms with Crippen LogP contribution in [0, 0.1) is 11.8 Å². The van der Waals surface area contributed by atoms with Gasteiger partial charge in [0, 0.05) is 23.5 Å². The van der Waals surface area contributed by atoms with Gasteiger partial charge in [0.05, 0.1) is 5.69 Å². The lowest BCUT2D eigenvalue weighted by atomic mass is 9.80. The van der Waals surface area contributed by atoms with Crippen LogP contribution in [0.4, 0.5) is 0 Å². The number of H-pyrrole nitrogens is 1. The zero-order valence-electron chi connectivity index (χ0n) is 14.1. The van der Waals surface area contributed by atoms with Crippen molar-refractivity contribution in [3.8, 4) is 0 Å². The molecule has 0 amide bonds. The third kappa shape index (κ3) is 2.40. The number of hydrogen-bond donors (Lipinski definition) is 2. The largest absolute Gasteiger partial charge is 0.346 e. The van der Waals surface area contributed by atoms with E-state index >= 15 is 0 Å². The van der Waals surface area contributed by atoms with Gasteiger partial charge in [-0.05, 0) is 56.6 Å². The van der Waals surface area contributed by atoms with Gasteiger partial charge in [0.1, 0.15) is 17.5 Å². The summed E-state index contributed by atoms with van der Waals surface area (Å²) in [4.78, 5) is 7.58. The predicted octanol–water partition coefficient (Wildman–Crippen LogP) is 2.88. The van der Waals surface area contributed by atoms with E-state index in [1.807, 2.05) is 10.7 Å². The number of hydrogen-bond acceptors (Lipinski definition) is 4. The topological polar surface area (TPSA) is 70.9 Å². The Hall–Kier alpha value is -1.95. The molecule has 0 aromatic carbocycles. The maximum atomic E-state index is 4.51. The highest BCUT2D eigenvalue weighted by Gasteiger charge is 2.33. The number of fused-ring (bicyclic) bond motifs is 3. The first kappa shape index (κ1) is 14.4. The molecule has 2 N–H and O–H groups in total. The van der Waals surface area contributed by atoms with Crippen LogP contribution in [0.1, 0.15) is 50.6 Å². The zero-order chi connectivity index (χ0) is 16.1. The molecule has 3 aromatic heterocycles. The van der Waals surface area contributed by atoms with Crippen molar-refractivity contribution in [2.24, 2.45) is 11.8 Å². The second-order valence-electron chi connectivity index (χ2n) is 7.70. The number of rotatable bonds is 4. The second kappa shape index (κ2) is 5.55. The lowest BCUT2D eigenvalue weighted by Gasteiger charge is -2.27. The third-order valence-electron chi connectivity index (χ3n) is 6.01. The van der Waals surface area contributed by atoms with E-state index in [1.165, 1.54) is 38.6 Å². The molecule has 3 aromatic rings. The number of nitrogens with zero attached hydrogens (tertiary/aromatic N) is 4. The summed E-state index contributed by atoms with van der Waals surface area (Å²) >= 11 is 0. The van der Waals surface area contributed by atoms with Gasteiger partial charge in [0.2, 0.25) is 0 Å². The molecule has 2 aliphatic carbocycles. The van der Waals surface area contributed by atoms with Gasteiger partial charge < -0.3 is 10.3 Å². The van der Waals surface area contributed by atoms with Gasteiger partial charge in [-0.2, -0.15) is 0 Å². The fourth-order valence-corrected chi connectivity index (χ4v) is 4.26. The van der Waals surface area contributed by atoms with Crippen LogP contribution in [-0.2, 0) is 0 Å². The van der Waals surface area contributed by atoms with Crippen molar-refractivity contribution < 1.29 is 0 Å². The van der Waals surface area contributed by atoms with Crippen molar-refractivity contribution in [1.82, 2.24) is 30.1 Å². The first-order chi connectivity index (χ1) is 11.8. The molecule has 0 bridgehead atoms. The molecule has 2 atom stereocenters. The summed E-state index contributed by atoms with van der Waals surface area (Å²) in [6.07, 6.45) is 10.1. The molecule has 0 saturated heterocycles. The molecule has 0 spiro atoms. The Balaban J connectivity index is 1.32. The summed E-state index contributed by atoms with van der Waals surface area (Å²) in [6.45, 7) is 3.53. The minimum Gasteiger partial charge on any atom is -0.346 e. The Labute approximate surface area is 141 Å². The molecule has 2 fully saturated rings. The average molecular weight is 324 g/mol. The van der Waals surface area contributed by atoms with Crippen molar-refractivity contribution in [2.45, 2.75) is 51.0 Å². The summed E-state index contributed by atoms with van der Waals surface area (Å²) in [7, 11) is 0. The first-order valence-electron chi connectivity index (χ1n) is 9.20. The van der Waals surface area contributed by atoms with E-state index in [0.717, 1.165) is 40.1 Å². The number of aromatic nitrogens is 5. The first-order valence-corrected chi connectivity index (χ1v) is 9.20. The van der Waals surface area contributed by atoms with E-state index in [1.54, 1.807) is 6.33 Å². The lowest BCUT2D eigenvalue weighted by molar-refractivity contribution is 0.310. The van der Waals surface area contributed by atoms with Gasteiger partial charge in [-0.1, -0.05) is 12.1 Å². The maximum Gasteiger partial charge on any atom is 0.141 e. The van der Waals surface area contributed by atoms with Gasteiger partial charge in [0.15, 0.2) is 0 Å². The van der Waals surface area contributed by atoms with Crippen LogP contribution in [0.15, 0.2) is 18.6 Å². The second-order valence-corrected chi connectivity index (χ2v) is 7.70. The van der Waals surface area contributed by atoms with E-state index in [9.17, 15) is 0 Å². The van der Waals surface area contributed by atoms with Crippen LogP contribution < -0.4 is 5.32 Å². The van der Waals surface area contributed by atoms with E-state index in [4.69, 9.17) is 0 Å². The molecule has 6 nitrogen and oxygen atoms in total. The van der Waals surface area contributed by atoms with Crippen LogP contribution >= 0.6 is 0 Å². The van der Waals surface area contributed by atoms with E-state index < -0.39 is 0 Å². The van der Waals surface area contributed by atoms with Crippen LogP contribution in [0.3, 0.4) is 0 Å². The van der Waals surface area contributed by atoms with E-state index in [-0.39, 0.29) is 0 Å². The Morgan fingerprint density at radius 2 is 2.12 bits per heavy atom. The highest BCUT2D eigenvalue weighted by molar-refractivity contribution is 5.92. The Morgan fingerprint density at radius 1 is 1.29 bits per heavy atom. The SMILES string of the molecule is CC1CC1NCC1CCC(c2nnn3cnc4[nH]ccc4c23)CC1. The smallest absolute Gasteiger partial charge is 0.141 e. The molecule has 0 radical (unpaired) electrons. The molecule has 6 heteroatoms. The molecule has 3 heterocycles. The molecular formula is C18H24N6. The van der Waals surface area contributed by atoms with Crippen molar-refractivity contribution in [3.63, 3.8) is 0 Å². The normalized spacial score (nSPS) is 30.2. The monoisotopic (exact) mass is 324 g/mol. The van der Waals surface area contributed by atoms with Gasteiger partial charge in [-0.25, -0.2) is 9.50 Å². The maximum absolute atomic E-state index is 4.51. The van der Waals surface area contributed by atoms with Crippen molar-refractivity contribution in [3.05, 3.63) is 24.3 Å². The summed E-state index contributed by atoms with van der Waals surface area (Å²) < 4.78 is 1.83. The standard InChI is InChI=1S/C18H24N6/c1-11-8-15(11)20-9-12-2-4-13(5-3-12)16-17-14-6-7-19-18(14)21-10-24(17)23-22-16/h6-7,10-13,15,19-20H,2-5,8-9H2,1H3. The van der Waals surface area contributed by atoms with Gasteiger partial charge in [-0.15, -0.1) is 5.10 Å². The van der Waals surface area contributed by atoms with E-state index in [2.05, 4.69) is 38.6 Å². The minimum atomic E-state index is 0.527. The Bertz CT molecular complexity index is 857. The van der Waals surface area contributed by atoms with Crippen LogP contribution in [0.2, 0.25) is 0 Å². The Morgan fingerprint density at radius 3 is 2.92 bits per heavy atom. The van der Waals surface area contributed by atoms with Gasteiger partial charge in [0.25, 0.3) is 0 Å². The molecule has 0 aliphatic heterocycles. The van der Waals surface area contributed by atoms with Crippen molar-refractivity contribution >= 4 is 16.6 Å². The number of aromatic amines is 1. The quantitative estimate of drug-likeness (QED) is 0.774. The number of nitrogens with one attached hydrogen (secondary N) is 2. The van der Waals surface area contributed by atoms with Crippen molar-refractivity contribution in [2.75, 3.05) is 6.54 Å². The fraction of sp³-hybridized carbons (Fsp3) is 0.611. The summed E-state index contributed by atoms with van der Waals surface area (Å²) in [6, 6.07) is 2.87. The van der Waals surface area contributed by atoms with E-state index in [0.29, 0.717) is 5.92 Å². The molecule has 2 saturated carbocycles. The van der Waals surface area contributed by atoms with Crippen molar-refractivity contribution in [1.29, 1.82) is 0 Å². The van der Waals surface area contributed by atoms with Crippen LogP contribution in [0.5, 0.6) is 0 Å². The summed E-state index contributed by atoms with van der Waals surface area (Å²) in [5.41, 5.74) is 3.21. The zero-order valence-corrected chi connectivity index (χ0v) is 14.1. The molecule has 5 rings (SSSR count). The molecular weight excluding hydrogens is 300 g/mol. The Kier molecular flexibility index (Phi) is 3.33. The fourth-order valence-electron chi connectivity index (χ4n) is 4.26. The highest BCUT2D eigenvalue weighted by atomic mass is 15.4. The highest BCUT2D eigenvalue weighted by Crippen LogP contribution is 2.38.